The molecule has 0 saturated carbocycles. The normalized spacial score (nSPS) is 15.6. The minimum Gasteiger partial charge on any atom is -0.858 e. The average Bonchev–Trinajstić information content (AvgIpc) is 3.11. The Balaban J connectivity index is 2.26. The maximum absolute atomic E-state index is 12.6. The molecule has 10 heteroatoms. The van der Waals surface area contributed by atoms with Gasteiger partial charge in [0, 0.05) is 13.8 Å². The fourth-order valence-corrected chi connectivity index (χ4v) is 3.67. The number of nitrogens with two attached hydrogens (primary N) is 2. The lowest BCUT2D eigenvalue weighted by Gasteiger charge is -2.20. The molecule has 0 saturated heterocycles. The van der Waals surface area contributed by atoms with Crippen LogP contribution in [0.1, 0.15) is 37.1 Å². The van der Waals surface area contributed by atoms with E-state index in [9.17, 15) is 15.6 Å². The van der Waals surface area contributed by atoms with Crippen molar-refractivity contribution < 1.29 is 14.3 Å². The van der Waals surface area contributed by atoms with Gasteiger partial charge in [-0.25, -0.2) is 4.99 Å². The Morgan fingerprint density at radius 3 is 2.31 bits per heavy atom. The van der Waals surface area contributed by atoms with Crippen LogP contribution in [-0.4, -0.2) is 11.2 Å². The van der Waals surface area contributed by atoms with Gasteiger partial charge in [0.05, 0.1) is 33.3 Å². The van der Waals surface area contributed by atoms with Crippen molar-refractivity contribution in [2.24, 2.45) is 16.5 Å². The fourth-order valence-electron chi connectivity index (χ4n) is 2.88. The van der Waals surface area contributed by atoms with Crippen LogP contribution in [-0.2, 0) is 0 Å². The minimum absolute atomic E-state index is 0.106. The molecular formula is C19H17N7O2S. The van der Waals surface area contributed by atoms with Crippen LogP contribution in [0.15, 0.2) is 61.1 Å². The standard InChI is InChI=1S/C19H17N7O2S/c1-10(2)26-15(14-12(8-20)16(22)29-17(23)13(14)9-21)19(28-25-26)24-18(27)11-6-4-3-5-7-11/h3-7,10,14H,22-23H2,1-2H3. The molecule has 1 aliphatic heterocycles. The first-order valence-corrected chi connectivity index (χ1v) is 9.40. The van der Waals surface area contributed by atoms with Gasteiger partial charge in [-0.15, -0.1) is 0 Å². The van der Waals surface area contributed by atoms with Crippen LogP contribution >= 0.6 is 11.8 Å². The Kier molecular flexibility index (Phi) is 5.57. The number of hydrogen-bond donors (Lipinski definition) is 2. The highest BCUT2D eigenvalue weighted by Crippen LogP contribution is 2.44. The summed E-state index contributed by atoms with van der Waals surface area (Å²) in [5.74, 6) is -1.59. The Hall–Kier alpha value is -3.76. The van der Waals surface area contributed by atoms with E-state index in [-0.39, 0.29) is 38.8 Å². The van der Waals surface area contributed by atoms with E-state index in [4.69, 9.17) is 16.0 Å². The third-order valence-corrected chi connectivity index (χ3v) is 5.12. The molecule has 1 aromatic carbocycles. The predicted octanol–water partition coefficient (Wildman–Crippen LogP) is 1.20. The molecule has 2 aromatic rings. The quantitative estimate of drug-likeness (QED) is 0.433. The van der Waals surface area contributed by atoms with Crippen LogP contribution in [0.3, 0.4) is 0 Å². The molecule has 0 amide bonds. The van der Waals surface area contributed by atoms with Gasteiger partial charge in [-0.3, -0.25) is 4.52 Å². The van der Waals surface area contributed by atoms with Crippen LogP contribution in [0.4, 0.5) is 5.88 Å². The van der Waals surface area contributed by atoms with Gasteiger partial charge in [0.1, 0.15) is 5.92 Å². The molecule has 1 aromatic heterocycles. The first kappa shape index (κ1) is 20.0. The molecule has 1 aliphatic rings. The van der Waals surface area contributed by atoms with Crippen LogP contribution in [0.25, 0.3) is 0 Å². The first-order chi connectivity index (χ1) is 13.9. The van der Waals surface area contributed by atoms with E-state index in [1.165, 1.54) is 4.68 Å². The molecule has 0 radical (unpaired) electrons. The third kappa shape index (κ3) is 3.66. The van der Waals surface area contributed by atoms with Crippen LogP contribution in [0.5, 0.6) is 0 Å². The zero-order chi connectivity index (χ0) is 21.1. The largest absolute Gasteiger partial charge is 0.858 e. The molecule has 0 atom stereocenters. The summed E-state index contributed by atoms with van der Waals surface area (Å²) in [6, 6.07) is 12.3. The molecule has 3 rings (SSSR count). The molecular weight excluding hydrogens is 390 g/mol. The maximum atomic E-state index is 12.6. The molecule has 4 N–H and O–H groups in total. The van der Waals surface area contributed by atoms with Crippen molar-refractivity contribution in [1.29, 1.82) is 10.5 Å². The van der Waals surface area contributed by atoms with Gasteiger partial charge in [0.25, 0.3) is 5.69 Å². The van der Waals surface area contributed by atoms with Gasteiger partial charge in [0.2, 0.25) is 5.27 Å². The highest BCUT2D eigenvalue weighted by Gasteiger charge is 2.43. The van der Waals surface area contributed by atoms with Crippen LogP contribution in [0.2, 0.25) is 0 Å². The Labute approximate surface area is 171 Å². The lowest BCUT2D eigenvalue weighted by Crippen LogP contribution is -2.43. The van der Waals surface area contributed by atoms with Gasteiger partial charge in [-0.05, 0) is 16.1 Å². The second kappa shape index (κ2) is 8.09. The molecule has 0 spiro atoms. The summed E-state index contributed by atoms with van der Waals surface area (Å²) in [5.41, 5.74) is 12.9. The number of aliphatic imine (C=N–C) groups is 1. The molecule has 0 fully saturated rings. The number of allylic oxidation sites excluding steroid dienone is 2. The number of aromatic nitrogens is 2. The molecule has 0 bridgehead atoms. The molecule has 29 heavy (non-hydrogen) atoms. The van der Waals surface area contributed by atoms with E-state index in [0.717, 1.165) is 11.8 Å². The van der Waals surface area contributed by atoms with E-state index in [0.29, 0.717) is 5.56 Å². The van der Waals surface area contributed by atoms with Crippen molar-refractivity contribution in [3.8, 4) is 12.1 Å². The van der Waals surface area contributed by atoms with E-state index in [1.54, 1.807) is 30.3 Å². The highest BCUT2D eigenvalue weighted by atomic mass is 32.2. The fraction of sp³-hybridized carbons (Fsp3) is 0.211. The number of nitriles is 2. The SMILES string of the molecule is CC(C)[n+]1noc(/N=C(\[O-])c2ccccc2)c1C1C(C#N)=C(N)SC(N)=C1C#N. The summed E-state index contributed by atoms with van der Waals surface area (Å²) < 4.78 is 6.80. The molecule has 2 heterocycles. The highest BCUT2D eigenvalue weighted by molar-refractivity contribution is 8.06. The second-order valence-corrected chi connectivity index (χ2v) is 7.48. The molecule has 0 aliphatic carbocycles. The minimum atomic E-state index is -0.942. The van der Waals surface area contributed by atoms with Crippen LogP contribution < -0.4 is 21.3 Å². The lowest BCUT2D eigenvalue weighted by molar-refractivity contribution is -0.785. The molecule has 9 nitrogen and oxygen atoms in total. The third-order valence-electron chi connectivity index (χ3n) is 4.24. The summed E-state index contributed by atoms with van der Waals surface area (Å²) in [6.07, 6.45) is 0. The van der Waals surface area contributed by atoms with Crippen molar-refractivity contribution >= 4 is 23.5 Å². The first-order valence-electron chi connectivity index (χ1n) is 8.58. The summed E-state index contributed by atoms with van der Waals surface area (Å²) in [6.45, 7) is 3.68. The van der Waals surface area contributed by atoms with Gasteiger partial charge in [-0.1, -0.05) is 42.1 Å². The van der Waals surface area contributed by atoms with Crippen molar-refractivity contribution in [2.45, 2.75) is 25.8 Å². The predicted molar refractivity (Wildman–Crippen MR) is 104 cm³/mol. The molecule has 0 unspecified atom stereocenters. The van der Waals surface area contributed by atoms with Gasteiger partial charge < -0.3 is 16.6 Å². The van der Waals surface area contributed by atoms with Gasteiger partial charge in [0.15, 0.2) is 6.04 Å². The Morgan fingerprint density at radius 1 is 1.21 bits per heavy atom. The van der Waals surface area contributed by atoms with Crippen molar-refractivity contribution in [1.82, 2.24) is 5.27 Å². The lowest BCUT2D eigenvalue weighted by atomic mass is 9.89. The number of hydrogen-bond acceptors (Lipinski definition) is 9. The molecule has 146 valence electrons. The topological polar surface area (TPSA) is 165 Å². The van der Waals surface area contributed by atoms with E-state index >= 15 is 0 Å². The summed E-state index contributed by atoms with van der Waals surface area (Å²) in [5, 5.41) is 36.3. The van der Waals surface area contributed by atoms with Gasteiger partial charge in [-0.2, -0.15) is 10.5 Å². The summed E-state index contributed by atoms with van der Waals surface area (Å²) in [4.78, 5) is 4.05. The second-order valence-electron chi connectivity index (χ2n) is 6.40. The maximum Gasteiger partial charge on any atom is 0.325 e. The summed E-state index contributed by atoms with van der Waals surface area (Å²) >= 11 is 0.950. The number of nitrogens with zero attached hydrogens (tertiary/aromatic N) is 5. The van der Waals surface area contributed by atoms with Crippen molar-refractivity contribution in [2.75, 3.05) is 0 Å². The zero-order valence-electron chi connectivity index (χ0n) is 15.7. The van der Waals surface area contributed by atoms with Crippen molar-refractivity contribution in [3.63, 3.8) is 0 Å². The Morgan fingerprint density at radius 2 is 1.79 bits per heavy atom. The van der Waals surface area contributed by atoms with E-state index < -0.39 is 11.8 Å². The van der Waals surface area contributed by atoms with E-state index in [2.05, 4.69) is 10.3 Å². The smallest absolute Gasteiger partial charge is 0.325 e. The van der Waals surface area contributed by atoms with Gasteiger partial charge >= 0.3 is 5.88 Å². The monoisotopic (exact) mass is 407 g/mol. The zero-order valence-corrected chi connectivity index (χ0v) is 16.5. The average molecular weight is 407 g/mol. The summed E-state index contributed by atoms with van der Waals surface area (Å²) in [7, 11) is 0. The van der Waals surface area contributed by atoms with E-state index in [1.807, 2.05) is 26.0 Å². The van der Waals surface area contributed by atoms with Crippen molar-refractivity contribution in [3.05, 3.63) is 62.8 Å². The number of thioether (sulfide) groups is 1. The Bertz CT molecular complexity index is 1080. The number of benzene rings is 1. The number of rotatable bonds is 4. The van der Waals surface area contributed by atoms with Crippen LogP contribution in [0, 0.1) is 22.7 Å².